The van der Waals surface area contributed by atoms with E-state index in [0.717, 1.165) is 43.6 Å². The molecule has 20 heavy (non-hydrogen) atoms. The van der Waals surface area contributed by atoms with Gasteiger partial charge in [0.1, 0.15) is 0 Å². The number of carbonyl (C=O) groups excluding carboxylic acids is 1. The van der Waals surface area contributed by atoms with E-state index in [1.165, 1.54) is 0 Å². The third kappa shape index (κ3) is 3.02. The third-order valence-corrected chi connectivity index (χ3v) is 4.51. The van der Waals surface area contributed by atoms with Crippen LogP contribution in [0.5, 0.6) is 0 Å². The Morgan fingerprint density at radius 3 is 2.60 bits per heavy atom. The fourth-order valence-corrected chi connectivity index (χ4v) is 3.40. The van der Waals surface area contributed by atoms with Gasteiger partial charge in [0.2, 0.25) is 5.91 Å². The number of hydrogen-bond donors (Lipinski definition) is 2. The Morgan fingerprint density at radius 2 is 1.95 bits per heavy atom. The fourth-order valence-electron chi connectivity index (χ4n) is 3.40. The molecule has 1 aromatic carbocycles. The first-order chi connectivity index (χ1) is 9.72. The molecular weight excluding hydrogens is 250 g/mol. The van der Waals surface area contributed by atoms with Crippen molar-refractivity contribution in [2.75, 3.05) is 32.7 Å². The van der Waals surface area contributed by atoms with E-state index in [1.807, 2.05) is 25.1 Å². The largest absolute Gasteiger partial charge is 0.348 e. The Labute approximate surface area is 120 Å². The molecule has 2 saturated heterocycles. The van der Waals surface area contributed by atoms with Crippen molar-refractivity contribution in [1.82, 2.24) is 15.5 Å². The summed E-state index contributed by atoms with van der Waals surface area (Å²) < 4.78 is 0. The summed E-state index contributed by atoms with van der Waals surface area (Å²) in [6.07, 6.45) is 0. The molecule has 0 spiro atoms. The average molecular weight is 273 g/mol. The highest BCUT2D eigenvalue weighted by molar-refractivity contribution is 5.78. The third-order valence-electron chi connectivity index (χ3n) is 4.51. The van der Waals surface area contributed by atoms with Crippen molar-refractivity contribution < 1.29 is 4.79 Å². The number of hydrogen-bond acceptors (Lipinski definition) is 3. The van der Waals surface area contributed by atoms with Crippen LogP contribution in [0.3, 0.4) is 0 Å². The van der Waals surface area contributed by atoms with Crippen LogP contribution in [0, 0.1) is 11.8 Å². The summed E-state index contributed by atoms with van der Waals surface area (Å²) in [5.41, 5.74) is 1.16. The molecule has 2 N–H and O–H groups in total. The quantitative estimate of drug-likeness (QED) is 0.861. The lowest BCUT2D eigenvalue weighted by molar-refractivity contribution is -0.122. The molecule has 4 nitrogen and oxygen atoms in total. The maximum atomic E-state index is 12.1. The van der Waals surface area contributed by atoms with Crippen molar-refractivity contribution in [3.63, 3.8) is 0 Å². The van der Waals surface area contributed by atoms with Gasteiger partial charge in [0.25, 0.3) is 0 Å². The van der Waals surface area contributed by atoms with Crippen LogP contribution in [0.4, 0.5) is 0 Å². The number of rotatable bonds is 4. The average Bonchev–Trinajstić information content (AvgIpc) is 3.00. The topological polar surface area (TPSA) is 44.4 Å². The van der Waals surface area contributed by atoms with Gasteiger partial charge in [-0.15, -0.1) is 0 Å². The van der Waals surface area contributed by atoms with Gasteiger partial charge in [-0.25, -0.2) is 0 Å². The van der Waals surface area contributed by atoms with Crippen molar-refractivity contribution in [2.45, 2.75) is 13.0 Å². The van der Waals surface area contributed by atoms with Crippen LogP contribution in [-0.4, -0.2) is 43.5 Å². The van der Waals surface area contributed by atoms with Gasteiger partial charge in [-0.1, -0.05) is 30.3 Å². The van der Waals surface area contributed by atoms with E-state index in [4.69, 9.17) is 0 Å². The molecule has 0 aromatic heterocycles. The second-order valence-electron chi connectivity index (χ2n) is 6.07. The molecule has 4 heteroatoms. The minimum absolute atomic E-state index is 0.0764. The van der Waals surface area contributed by atoms with Crippen LogP contribution < -0.4 is 10.6 Å². The van der Waals surface area contributed by atoms with E-state index in [1.54, 1.807) is 0 Å². The number of nitrogens with zero attached hydrogens (tertiary/aromatic N) is 1. The van der Waals surface area contributed by atoms with Crippen molar-refractivity contribution >= 4 is 5.91 Å². The number of carbonyl (C=O) groups is 1. The minimum Gasteiger partial charge on any atom is -0.348 e. The molecule has 1 amide bonds. The zero-order chi connectivity index (χ0) is 13.9. The van der Waals surface area contributed by atoms with Crippen LogP contribution in [0.1, 0.15) is 18.5 Å². The van der Waals surface area contributed by atoms with E-state index in [9.17, 15) is 4.79 Å². The van der Waals surface area contributed by atoms with E-state index in [2.05, 4.69) is 27.7 Å². The minimum atomic E-state index is 0.0764. The second-order valence-corrected chi connectivity index (χ2v) is 6.07. The van der Waals surface area contributed by atoms with Gasteiger partial charge < -0.3 is 10.6 Å². The molecule has 0 aliphatic carbocycles. The Kier molecular flexibility index (Phi) is 4.03. The maximum Gasteiger partial charge on any atom is 0.234 e. The van der Waals surface area contributed by atoms with Gasteiger partial charge >= 0.3 is 0 Å². The van der Waals surface area contributed by atoms with Gasteiger partial charge in [0.05, 0.1) is 12.6 Å². The lowest BCUT2D eigenvalue weighted by atomic mass is 10.0. The molecule has 0 radical (unpaired) electrons. The summed E-state index contributed by atoms with van der Waals surface area (Å²) in [6.45, 7) is 6.92. The predicted octanol–water partition coefficient (Wildman–Crippen LogP) is 1.02. The second kappa shape index (κ2) is 5.94. The summed E-state index contributed by atoms with van der Waals surface area (Å²) in [6, 6.07) is 10.2. The fraction of sp³-hybridized carbons (Fsp3) is 0.562. The normalized spacial score (nSPS) is 27.2. The summed E-state index contributed by atoms with van der Waals surface area (Å²) >= 11 is 0. The molecule has 1 unspecified atom stereocenters. The van der Waals surface area contributed by atoms with Crippen molar-refractivity contribution in [2.24, 2.45) is 11.8 Å². The predicted molar refractivity (Wildman–Crippen MR) is 79.3 cm³/mol. The van der Waals surface area contributed by atoms with Crippen LogP contribution in [0.2, 0.25) is 0 Å². The molecular formula is C16H23N3O. The molecule has 0 bridgehead atoms. The van der Waals surface area contributed by atoms with Crippen LogP contribution in [0.25, 0.3) is 0 Å². The number of nitrogens with one attached hydrogen (secondary N) is 2. The zero-order valence-electron chi connectivity index (χ0n) is 12.0. The maximum absolute atomic E-state index is 12.1. The van der Waals surface area contributed by atoms with E-state index in [0.29, 0.717) is 6.54 Å². The Bertz CT molecular complexity index is 450. The monoisotopic (exact) mass is 273 g/mol. The molecule has 1 aromatic rings. The molecule has 0 saturated carbocycles. The highest BCUT2D eigenvalue weighted by Crippen LogP contribution is 2.25. The number of likely N-dealkylation sites (tertiary alicyclic amines) is 1. The Balaban J connectivity index is 1.48. The molecule has 2 fully saturated rings. The van der Waals surface area contributed by atoms with Gasteiger partial charge in [0.15, 0.2) is 0 Å². The molecule has 3 rings (SSSR count). The highest BCUT2D eigenvalue weighted by atomic mass is 16.2. The van der Waals surface area contributed by atoms with Crippen LogP contribution in [-0.2, 0) is 4.79 Å². The van der Waals surface area contributed by atoms with Gasteiger partial charge in [-0.2, -0.15) is 0 Å². The number of benzene rings is 1. The lowest BCUT2D eigenvalue weighted by Crippen LogP contribution is -2.38. The van der Waals surface area contributed by atoms with Crippen molar-refractivity contribution in [3.8, 4) is 0 Å². The summed E-state index contributed by atoms with van der Waals surface area (Å²) in [4.78, 5) is 14.4. The molecule has 2 aliphatic rings. The Morgan fingerprint density at radius 1 is 1.30 bits per heavy atom. The highest BCUT2D eigenvalue weighted by Gasteiger charge is 2.36. The summed E-state index contributed by atoms with van der Waals surface area (Å²) in [7, 11) is 0. The first kappa shape index (κ1) is 13.6. The van der Waals surface area contributed by atoms with E-state index in [-0.39, 0.29) is 11.9 Å². The first-order valence-electron chi connectivity index (χ1n) is 7.50. The van der Waals surface area contributed by atoms with Gasteiger partial charge in [0, 0.05) is 13.1 Å². The zero-order valence-corrected chi connectivity index (χ0v) is 12.0. The summed E-state index contributed by atoms with van der Waals surface area (Å²) in [5.74, 6) is 1.62. The smallest absolute Gasteiger partial charge is 0.234 e. The number of amides is 1. The standard InChI is InChI=1S/C16H23N3O/c1-12(13-5-3-2-4-6-13)18-16(20)11-19-9-14-7-17-8-15(14)10-19/h2-6,12,14-15,17H,7-11H2,1H3,(H,18,20)/t12?,14-,15+. The van der Waals surface area contributed by atoms with Gasteiger partial charge in [-0.3, -0.25) is 9.69 Å². The van der Waals surface area contributed by atoms with Crippen LogP contribution in [0.15, 0.2) is 30.3 Å². The van der Waals surface area contributed by atoms with Crippen molar-refractivity contribution in [1.29, 1.82) is 0 Å². The van der Waals surface area contributed by atoms with E-state index < -0.39 is 0 Å². The van der Waals surface area contributed by atoms with Crippen LogP contribution >= 0.6 is 0 Å². The molecule has 3 atom stereocenters. The lowest BCUT2D eigenvalue weighted by Gasteiger charge is -2.19. The molecule has 108 valence electrons. The van der Waals surface area contributed by atoms with Gasteiger partial charge in [-0.05, 0) is 37.4 Å². The van der Waals surface area contributed by atoms with Crippen molar-refractivity contribution in [3.05, 3.63) is 35.9 Å². The SMILES string of the molecule is CC(NC(=O)CN1C[C@H]2CNC[C@H]2C1)c1ccccc1. The molecule has 2 aliphatic heterocycles. The summed E-state index contributed by atoms with van der Waals surface area (Å²) in [5, 5.41) is 6.52. The molecule has 2 heterocycles. The number of fused-ring (bicyclic) bond motifs is 1. The van der Waals surface area contributed by atoms with E-state index >= 15 is 0 Å². The Hall–Kier alpha value is -1.39. The first-order valence-corrected chi connectivity index (χ1v) is 7.50.